The van der Waals surface area contributed by atoms with Gasteiger partial charge >= 0.3 is 0 Å². The van der Waals surface area contributed by atoms with E-state index in [0.29, 0.717) is 29.9 Å². The van der Waals surface area contributed by atoms with E-state index in [-0.39, 0.29) is 5.91 Å². The lowest BCUT2D eigenvalue weighted by atomic mass is 9.82. The van der Waals surface area contributed by atoms with Crippen LogP contribution in [0.4, 0.5) is 17.3 Å². The number of aromatic nitrogens is 2. The molecule has 2 aliphatic heterocycles. The van der Waals surface area contributed by atoms with Gasteiger partial charge in [0.05, 0.1) is 27.9 Å². The molecular formula is C32H40ClN5O2. The van der Waals surface area contributed by atoms with Crippen molar-refractivity contribution < 1.29 is 9.90 Å². The number of aryl methyl sites for hydroxylation is 3. The number of aliphatic hydroxyl groups is 1. The number of amides is 1. The third kappa shape index (κ3) is 6.17. The second kappa shape index (κ2) is 11.1. The van der Waals surface area contributed by atoms with Gasteiger partial charge in [-0.2, -0.15) is 0 Å². The average Bonchev–Trinajstić information content (AvgIpc) is 3.13. The topological polar surface area (TPSA) is 90.4 Å². The maximum absolute atomic E-state index is 12.5. The third-order valence-electron chi connectivity index (χ3n) is 8.21. The number of anilines is 3. The molecule has 3 aromatic rings. The smallest absolute Gasteiger partial charge is 0.234 e. The minimum Gasteiger partial charge on any atom is -0.389 e. The van der Waals surface area contributed by atoms with Gasteiger partial charge < -0.3 is 20.6 Å². The SMILES string of the molecule is Cc1cc(C2CCN(CC(C)(C)O)CC2)ccc1Nc1ncc(Cl)c(CCc2cccc3c2C(C)(C)C(=O)N3)n1. The zero-order valence-corrected chi connectivity index (χ0v) is 24.9. The molecule has 1 amide bonds. The van der Waals surface area contributed by atoms with E-state index in [1.54, 1.807) is 6.20 Å². The highest BCUT2D eigenvalue weighted by molar-refractivity contribution is 6.31. The normalized spacial score (nSPS) is 17.5. The zero-order chi connectivity index (χ0) is 28.7. The summed E-state index contributed by atoms with van der Waals surface area (Å²) < 4.78 is 0. The van der Waals surface area contributed by atoms with E-state index in [2.05, 4.69) is 51.7 Å². The molecular weight excluding hydrogens is 522 g/mol. The highest BCUT2D eigenvalue weighted by Gasteiger charge is 2.39. The van der Waals surface area contributed by atoms with Crippen LogP contribution in [0, 0.1) is 6.92 Å². The first kappa shape index (κ1) is 28.5. The van der Waals surface area contributed by atoms with Gasteiger partial charge in [0.25, 0.3) is 0 Å². The molecule has 3 heterocycles. The van der Waals surface area contributed by atoms with Gasteiger partial charge in [0.15, 0.2) is 0 Å². The first-order valence-electron chi connectivity index (χ1n) is 14.2. The number of piperidine rings is 1. The van der Waals surface area contributed by atoms with Crippen LogP contribution in [0.5, 0.6) is 0 Å². The Balaban J connectivity index is 1.25. The largest absolute Gasteiger partial charge is 0.389 e. The molecule has 40 heavy (non-hydrogen) atoms. The Morgan fingerprint density at radius 1 is 1.18 bits per heavy atom. The van der Waals surface area contributed by atoms with Crippen LogP contribution in [0.1, 0.15) is 74.4 Å². The number of hydrogen-bond acceptors (Lipinski definition) is 6. The molecule has 0 atom stereocenters. The van der Waals surface area contributed by atoms with Gasteiger partial charge in [0.2, 0.25) is 11.9 Å². The standard InChI is InChI=1S/C32H40ClN5O2/c1-20-17-23(21-13-15-38(16-14-21)19-31(2,3)40)10-11-25(20)36-30-34-18-24(33)26(37-30)12-9-22-7-6-8-27-28(22)32(4,5)29(39)35-27/h6-8,10-11,17-18,21,40H,9,12-16,19H2,1-5H3,(H,35,39)(H,34,36,37). The maximum Gasteiger partial charge on any atom is 0.234 e. The van der Waals surface area contributed by atoms with Crippen molar-refractivity contribution in [2.75, 3.05) is 30.3 Å². The molecule has 7 nitrogen and oxygen atoms in total. The van der Waals surface area contributed by atoms with Crippen LogP contribution in [-0.4, -0.2) is 51.1 Å². The Hall–Kier alpha value is -3.00. The van der Waals surface area contributed by atoms with E-state index < -0.39 is 11.0 Å². The quantitative estimate of drug-likeness (QED) is 0.306. The lowest BCUT2D eigenvalue weighted by Gasteiger charge is -2.35. The first-order valence-corrected chi connectivity index (χ1v) is 14.6. The van der Waals surface area contributed by atoms with Crippen LogP contribution >= 0.6 is 11.6 Å². The van der Waals surface area contributed by atoms with Crippen molar-refractivity contribution in [2.45, 2.75) is 77.2 Å². The number of benzene rings is 2. The number of likely N-dealkylation sites (tertiary alicyclic amines) is 1. The number of hydrogen-bond donors (Lipinski definition) is 3. The molecule has 1 saturated heterocycles. The van der Waals surface area contributed by atoms with Crippen molar-refractivity contribution >= 4 is 34.8 Å². The number of carbonyl (C=O) groups excluding carboxylic acids is 1. The van der Waals surface area contributed by atoms with Gasteiger partial charge in [-0.05, 0) is 114 Å². The van der Waals surface area contributed by atoms with Gasteiger partial charge in [-0.15, -0.1) is 0 Å². The molecule has 3 N–H and O–H groups in total. The van der Waals surface area contributed by atoms with Crippen molar-refractivity contribution in [1.82, 2.24) is 14.9 Å². The molecule has 0 spiro atoms. The van der Waals surface area contributed by atoms with Crippen molar-refractivity contribution in [3.63, 3.8) is 0 Å². The Morgan fingerprint density at radius 3 is 2.62 bits per heavy atom. The van der Waals surface area contributed by atoms with Gasteiger partial charge in [-0.25, -0.2) is 9.97 Å². The summed E-state index contributed by atoms with van der Waals surface area (Å²) in [7, 11) is 0. The van der Waals surface area contributed by atoms with E-state index in [9.17, 15) is 9.90 Å². The van der Waals surface area contributed by atoms with Crippen molar-refractivity contribution in [3.8, 4) is 0 Å². The van der Waals surface area contributed by atoms with Crippen LogP contribution in [-0.2, 0) is 23.1 Å². The number of carbonyl (C=O) groups is 1. The fourth-order valence-electron chi connectivity index (χ4n) is 6.11. The zero-order valence-electron chi connectivity index (χ0n) is 24.1. The number of nitrogens with zero attached hydrogens (tertiary/aromatic N) is 3. The van der Waals surface area contributed by atoms with E-state index in [4.69, 9.17) is 16.6 Å². The minimum absolute atomic E-state index is 0.0269. The Morgan fingerprint density at radius 2 is 1.93 bits per heavy atom. The van der Waals surface area contributed by atoms with Crippen molar-refractivity contribution in [2.24, 2.45) is 0 Å². The van der Waals surface area contributed by atoms with Crippen LogP contribution in [0.15, 0.2) is 42.6 Å². The Kier molecular flexibility index (Phi) is 7.92. The van der Waals surface area contributed by atoms with Gasteiger partial charge in [-0.1, -0.05) is 35.9 Å². The third-order valence-corrected chi connectivity index (χ3v) is 8.52. The monoisotopic (exact) mass is 561 g/mol. The molecule has 0 bridgehead atoms. The van der Waals surface area contributed by atoms with Gasteiger partial charge in [-0.3, -0.25) is 4.79 Å². The van der Waals surface area contributed by atoms with E-state index >= 15 is 0 Å². The molecule has 5 rings (SSSR count). The van der Waals surface area contributed by atoms with E-state index in [1.807, 2.05) is 39.8 Å². The van der Waals surface area contributed by atoms with E-state index in [1.165, 1.54) is 5.56 Å². The number of nitrogens with one attached hydrogen (secondary N) is 2. The lowest BCUT2D eigenvalue weighted by molar-refractivity contribution is -0.119. The molecule has 0 aliphatic carbocycles. The summed E-state index contributed by atoms with van der Waals surface area (Å²) in [6, 6.07) is 12.6. The summed E-state index contributed by atoms with van der Waals surface area (Å²) in [4.78, 5) is 24.0. The van der Waals surface area contributed by atoms with Crippen molar-refractivity contribution in [1.29, 1.82) is 0 Å². The summed E-state index contributed by atoms with van der Waals surface area (Å²) >= 11 is 6.51. The van der Waals surface area contributed by atoms with Gasteiger partial charge in [0.1, 0.15) is 0 Å². The van der Waals surface area contributed by atoms with Crippen LogP contribution in [0.2, 0.25) is 5.02 Å². The highest BCUT2D eigenvalue weighted by atomic mass is 35.5. The second-order valence-electron chi connectivity index (χ2n) is 12.5. The molecule has 0 radical (unpaired) electrons. The second-order valence-corrected chi connectivity index (χ2v) is 12.9. The molecule has 2 aliphatic rings. The van der Waals surface area contributed by atoms with Crippen LogP contribution < -0.4 is 10.6 Å². The first-order chi connectivity index (χ1) is 18.9. The minimum atomic E-state index is -0.656. The molecule has 0 unspecified atom stereocenters. The average molecular weight is 562 g/mol. The number of rotatable bonds is 8. The Bertz CT molecular complexity index is 1410. The predicted octanol–water partition coefficient (Wildman–Crippen LogP) is 6.15. The molecule has 0 saturated carbocycles. The fraction of sp³-hybridized carbons (Fsp3) is 0.469. The number of fused-ring (bicyclic) bond motifs is 1. The fourth-order valence-corrected chi connectivity index (χ4v) is 6.29. The molecule has 212 valence electrons. The molecule has 1 fully saturated rings. The van der Waals surface area contributed by atoms with Crippen LogP contribution in [0.25, 0.3) is 0 Å². The lowest BCUT2D eigenvalue weighted by Crippen LogP contribution is -2.42. The summed E-state index contributed by atoms with van der Waals surface area (Å²) in [5.74, 6) is 1.07. The summed E-state index contributed by atoms with van der Waals surface area (Å²) in [6.45, 7) is 12.5. The molecule has 8 heteroatoms. The summed E-state index contributed by atoms with van der Waals surface area (Å²) in [5, 5.41) is 17.1. The maximum atomic E-state index is 12.5. The number of halogens is 1. The number of β-amino-alcohol motifs (C(OH)–C–C–N with tert-alkyl or cyclic N) is 1. The Labute approximate surface area is 242 Å². The highest BCUT2D eigenvalue weighted by Crippen LogP contribution is 2.40. The summed E-state index contributed by atoms with van der Waals surface area (Å²) in [5.41, 5.74) is 6.11. The molecule has 1 aromatic heterocycles. The van der Waals surface area contributed by atoms with Gasteiger partial charge in [0, 0.05) is 17.9 Å². The van der Waals surface area contributed by atoms with Crippen LogP contribution in [0.3, 0.4) is 0 Å². The summed E-state index contributed by atoms with van der Waals surface area (Å²) in [6.07, 6.45) is 5.21. The van der Waals surface area contributed by atoms with E-state index in [0.717, 1.165) is 66.1 Å². The van der Waals surface area contributed by atoms with Crippen molar-refractivity contribution in [3.05, 3.63) is 75.6 Å². The molecule has 2 aromatic carbocycles. The predicted molar refractivity (Wildman–Crippen MR) is 162 cm³/mol.